The number of likely N-dealkylation sites (N-methyl/N-ethyl adjacent to an activating group) is 2. The summed E-state index contributed by atoms with van der Waals surface area (Å²) in [5, 5.41) is 5.17. The van der Waals surface area contributed by atoms with Crippen molar-refractivity contribution in [2.24, 2.45) is 0 Å². The van der Waals surface area contributed by atoms with Crippen molar-refractivity contribution in [1.82, 2.24) is 4.90 Å². The molecule has 3 rings (SSSR count). The Morgan fingerprint density at radius 3 is 2.25 bits per heavy atom. The summed E-state index contributed by atoms with van der Waals surface area (Å²) >= 11 is 0. The maximum atomic E-state index is 13.4. The maximum Gasteiger partial charge on any atom is 0.244 e. The molecule has 0 bridgehead atoms. The minimum Gasteiger partial charge on any atom is -0.324 e. The number of nitrogens with one attached hydrogen (secondary N) is 1. The minimum atomic E-state index is -0.445. The van der Waals surface area contributed by atoms with Gasteiger partial charge in [0.1, 0.15) is 0 Å². The fourth-order valence-corrected chi connectivity index (χ4v) is 4.22. The summed E-state index contributed by atoms with van der Waals surface area (Å²) in [5.41, 5.74) is 4.99. The van der Waals surface area contributed by atoms with Gasteiger partial charge in [-0.15, -0.1) is 0 Å². The van der Waals surface area contributed by atoms with Gasteiger partial charge in [-0.2, -0.15) is 0 Å². The third-order valence-electron chi connectivity index (χ3n) is 5.99. The van der Waals surface area contributed by atoms with E-state index in [9.17, 15) is 9.59 Å². The van der Waals surface area contributed by atoms with Crippen LogP contribution in [0.1, 0.15) is 30.5 Å². The van der Waals surface area contributed by atoms with Crippen LogP contribution in [0.15, 0.2) is 54.6 Å². The Bertz CT molecular complexity index is 1110. The first-order valence-electron chi connectivity index (χ1n) is 11.1. The molecule has 0 unspecified atom stereocenters. The van der Waals surface area contributed by atoms with Crippen LogP contribution in [-0.2, 0) is 9.59 Å². The van der Waals surface area contributed by atoms with E-state index < -0.39 is 6.04 Å². The average Bonchev–Trinajstić information content (AvgIpc) is 2.76. The van der Waals surface area contributed by atoms with Crippen molar-refractivity contribution in [3.63, 3.8) is 0 Å². The molecule has 2 amide bonds. The molecule has 0 heterocycles. The monoisotopic (exact) mass is 431 g/mol. The molecule has 0 aliphatic heterocycles. The molecule has 5 nitrogen and oxygen atoms in total. The fourth-order valence-electron chi connectivity index (χ4n) is 4.22. The first kappa shape index (κ1) is 23.5. The first-order chi connectivity index (χ1) is 15.2. The van der Waals surface area contributed by atoms with Crippen LogP contribution in [0.4, 0.5) is 11.4 Å². The number of carbonyl (C=O) groups is 2. The van der Waals surface area contributed by atoms with Gasteiger partial charge >= 0.3 is 0 Å². The molecular formula is C27H33N3O2. The third-order valence-corrected chi connectivity index (χ3v) is 5.99. The highest BCUT2D eigenvalue weighted by molar-refractivity contribution is 6.05. The molecular weight excluding hydrogens is 398 g/mol. The highest BCUT2D eigenvalue weighted by Crippen LogP contribution is 2.27. The predicted octanol–water partition coefficient (Wildman–Crippen LogP) is 5.08. The van der Waals surface area contributed by atoms with Crippen molar-refractivity contribution in [1.29, 1.82) is 0 Å². The van der Waals surface area contributed by atoms with E-state index in [1.54, 1.807) is 9.80 Å². The number of fused-ring (bicyclic) bond motifs is 1. The Kier molecular flexibility index (Phi) is 7.31. The van der Waals surface area contributed by atoms with Crippen molar-refractivity contribution in [3.8, 4) is 0 Å². The lowest BCUT2D eigenvalue weighted by atomic mass is 10.1. The number of anilines is 2. The molecule has 168 valence electrons. The minimum absolute atomic E-state index is 0.0261. The lowest BCUT2D eigenvalue weighted by molar-refractivity contribution is -0.124. The number of amides is 2. The number of carbonyl (C=O) groups excluding carboxylic acids is 2. The molecule has 0 spiro atoms. The standard InChI is InChI=1S/C27H33N3O2/c1-7-30(24-14-10-12-22-11-8-9-13-23(22)24)27(32)21(5)29(6)17-25(31)28-26-19(3)15-18(2)16-20(26)4/h8-16,21H,7,17H2,1-6H3,(H,28,31)/t21-/m1/s1. The second-order valence-electron chi connectivity index (χ2n) is 8.49. The van der Waals surface area contributed by atoms with Gasteiger partial charge in [0, 0.05) is 17.6 Å². The molecule has 0 aromatic heterocycles. The zero-order valence-corrected chi connectivity index (χ0v) is 19.9. The summed E-state index contributed by atoms with van der Waals surface area (Å²) in [6, 6.07) is 17.7. The molecule has 1 N–H and O–H groups in total. The lowest BCUT2D eigenvalue weighted by Crippen LogP contribution is -2.48. The van der Waals surface area contributed by atoms with Crippen molar-refractivity contribution < 1.29 is 9.59 Å². The number of rotatable bonds is 7. The molecule has 0 radical (unpaired) electrons. The van der Waals surface area contributed by atoms with E-state index in [1.165, 1.54) is 5.56 Å². The average molecular weight is 432 g/mol. The summed E-state index contributed by atoms with van der Waals surface area (Å²) in [6.07, 6.45) is 0. The zero-order valence-electron chi connectivity index (χ0n) is 19.9. The van der Waals surface area contributed by atoms with Gasteiger partial charge in [0.05, 0.1) is 18.3 Å². The summed E-state index contributed by atoms with van der Waals surface area (Å²) in [7, 11) is 1.81. The van der Waals surface area contributed by atoms with Gasteiger partial charge in [0.25, 0.3) is 0 Å². The van der Waals surface area contributed by atoms with Gasteiger partial charge in [-0.25, -0.2) is 0 Å². The second kappa shape index (κ2) is 9.96. The molecule has 0 aliphatic rings. The molecule has 1 atom stereocenters. The number of nitrogens with zero attached hydrogens (tertiary/aromatic N) is 2. The molecule has 0 fully saturated rings. The van der Waals surface area contributed by atoms with Crippen molar-refractivity contribution in [3.05, 3.63) is 71.3 Å². The number of benzene rings is 3. The second-order valence-corrected chi connectivity index (χ2v) is 8.49. The zero-order chi connectivity index (χ0) is 23.4. The summed E-state index contributed by atoms with van der Waals surface area (Å²) in [5.74, 6) is -0.155. The van der Waals surface area contributed by atoms with Crippen LogP contribution < -0.4 is 10.2 Å². The van der Waals surface area contributed by atoms with E-state index in [-0.39, 0.29) is 18.4 Å². The Labute approximate surface area is 191 Å². The predicted molar refractivity (Wildman–Crippen MR) is 133 cm³/mol. The SMILES string of the molecule is CCN(C(=O)[C@@H](C)N(C)CC(=O)Nc1c(C)cc(C)cc1C)c1cccc2ccccc12. The normalized spacial score (nSPS) is 12.1. The smallest absolute Gasteiger partial charge is 0.244 e. The largest absolute Gasteiger partial charge is 0.324 e. The molecule has 3 aromatic carbocycles. The molecule has 3 aromatic rings. The number of hydrogen-bond acceptors (Lipinski definition) is 3. The Morgan fingerprint density at radius 1 is 0.969 bits per heavy atom. The molecule has 5 heteroatoms. The number of aryl methyl sites for hydroxylation is 3. The Balaban J connectivity index is 1.73. The van der Waals surface area contributed by atoms with E-state index in [2.05, 4.69) is 17.4 Å². The van der Waals surface area contributed by atoms with Gasteiger partial charge in [-0.3, -0.25) is 14.5 Å². The van der Waals surface area contributed by atoms with Gasteiger partial charge in [0.15, 0.2) is 0 Å². The summed E-state index contributed by atoms with van der Waals surface area (Å²) in [6.45, 7) is 10.5. The quantitative estimate of drug-likeness (QED) is 0.568. The first-order valence-corrected chi connectivity index (χ1v) is 11.1. The fraction of sp³-hybridized carbons (Fsp3) is 0.333. The lowest BCUT2D eigenvalue weighted by Gasteiger charge is -2.30. The van der Waals surface area contributed by atoms with Crippen LogP contribution in [0.3, 0.4) is 0 Å². The van der Waals surface area contributed by atoms with E-state index in [0.29, 0.717) is 6.54 Å². The van der Waals surface area contributed by atoms with Crippen molar-refractivity contribution in [2.45, 2.75) is 40.7 Å². The highest BCUT2D eigenvalue weighted by atomic mass is 16.2. The van der Waals surface area contributed by atoms with Crippen LogP contribution >= 0.6 is 0 Å². The van der Waals surface area contributed by atoms with Crippen molar-refractivity contribution >= 4 is 34.0 Å². The van der Waals surface area contributed by atoms with E-state index >= 15 is 0 Å². The molecule has 0 saturated carbocycles. The van der Waals surface area contributed by atoms with Crippen molar-refractivity contribution in [2.75, 3.05) is 30.4 Å². The Morgan fingerprint density at radius 2 is 1.59 bits per heavy atom. The third kappa shape index (κ3) is 5.00. The van der Waals surface area contributed by atoms with Gasteiger partial charge in [0.2, 0.25) is 11.8 Å². The molecule has 0 saturated heterocycles. The van der Waals surface area contributed by atoms with E-state index in [4.69, 9.17) is 0 Å². The van der Waals surface area contributed by atoms with Crippen LogP contribution in [-0.4, -0.2) is 42.9 Å². The van der Waals surface area contributed by atoms with Crippen LogP contribution in [0.25, 0.3) is 10.8 Å². The van der Waals surface area contributed by atoms with Gasteiger partial charge < -0.3 is 10.2 Å². The van der Waals surface area contributed by atoms with E-state index in [1.807, 2.05) is 84.1 Å². The highest BCUT2D eigenvalue weighted by Gasteiger charge is 2.26. The molecule has 0 aliphatic carbocycles. The number of hydrogen-bond donors (Lipinski definition) is 1. The van der Waals surface area contributed by atoms with Crippen LogP contribution in [0.5, 0.6) is 0 Å². The van der Waals surface area contributed by atoms with Crippen LogP contribution in [0, 0.1) is 20.8 Å². The maximum absolute atomic E-state index is 13.4. The summed E-state index contributed by atoms with van der Waals surface area (Å²) < 4.78 is 0. The van der Waals surface area contributed by atoms with Gasteiger partial charge in [-0.05, 0) is 64.2 Å². The topological polar surface area (TPSA) is 52.7 Å². The van der Waals surface area contributed by atoms with Gasteiger partial charge in [-0.1, -0.05) is 54.1 Å². The summed E-state index contributed by atoms with van der Waals surface area (Å²) in [4.78, 5) is 29.7. The van der Waals surface area contributed by atoms with E-state index in [0.717, 1.165) is 33.3 Å². The molecule has 32 heavy (non-hydrogen) atoms. The van der Waals surface area contributed by atoms with Crippen LogP contribution in [0.2, 0.25) is 0 Å². The Hall–Kier alpha value is -3.18.